The van der Waals surface area contributed by atoms with Gasteiger partial charge in [-0.1, -0.05) is 6.42 Å². The number of rotatable bonds is 3. The van der Waals surface area contributed by atoms with Crippen LogP contribution in [0.4, 0.5) is 5.82 Å². The molecule has 1 saturated heterocycles. The van der Waals surface area contributed by atoms with Gasteiger partial charge >= 0.3 is 0 Å². The van der Waals surface area contributed by atoms with Crippen LogP contribution in [0.1, 0.15) is 25.7 Å². The van der Waals surface area contributed by atoms with Gasteiger partial charge in [0.25, 0.3) is 5.91 Å². The molecule has 0 bridgehead atoms. The smallest absolute Gasteiger partial charge is 0.266 e. The van der Waals surface area contributed by atoms with E-state index in [1.165, 1.54) is 19.3 Å². The number of hydrogen-bond donors (Lipinski definition) is 1. The zero-order valence-corrected chi connectivity index (χ0v) is 12.9. The van der Waals surface area contributed by atoms with E-state index >= 15 is 0 Å². The van der Waals surface area contributed by atoms with Crippen molar-refractivity contribution in [3.8, 4) is 5.75 Å². The van der Waals surface area contributed by atoms with Crippen molar-refractivity contribution in [3.05, 3.63) is 16.7 Å². The molecule has 20 heavy (non-hydrogen) atoms. The fourth-order valence-corrected chi connectivity index (χ4v) is 3.04. The summed E-state index contributed by atoms with van der Waals surface area (Å²) in [4.78, 5) is 18.2. The zero-order chi connectivity index (χ0) is 13.9. The van der Waals surface area contributed by atoms with E-state index in [9.17, 15) is 4.79 Å². The highest BCUT2D eigenvalue weighted by molar-refractivity contribution is 9.10. The number of anilines is 1. The molecule has 2 aliphatic heterocycles. The van der Waals surface area contributed by atoms with E-state index in [0.29, 0.717) is 24.2 Å². The number of carbonyl (C=O) groups is 1. The third kappa shape index (κ3) is 2.96. The van der Waals surface area contributed by atoms with Gasteiger partial charge in [0, 0.05) is 12.6 Å². The van der Waals surface area contributed by atoms with Crippen LogP contribution in [0.5, 0.6) is 5.75 Å². The first-order valence-electron chi connectivity index (χ1n) is 7.07. The van der Waals surface area contributed by atoms with Gasteiger partial charge < -0.3 is 10.1 Å². The van der Waals surface area contributed by atoms with Crippen LogP contribution in [0.25, 0.3) is 0 Å². The summed E-state index contributed by atoms with van der Waals surface area (Å²) in [6.45, 7) is 1.88. The Kier molecular flexibility index (Phi) is 4.21. The predicted octanol–water partition coefficient (Wildman–Crippen LogP) is 2.10. The number of fused-ring (bicyclic) bond motifs is 1. The van der Waals surface area contributed by atoms with E-state index in [4.69, 9.17) is 4.74 Å². The normalized spacial score (nSPS) is 22.4. The van der Waals surface area contributed by atoms with Gasteiger partial charge in [0.2, 0.25) is 0 Å². The van der Waals surface area contributed by atoms with Crippen molar-refractivity contribution in [1.29, 1.82) is 0 Å². The Morgan fingerprint density at radius 2 is 2.35 bits per heavy atom. The molecule has 6 heteroatoms. The monoisotopic (exact) mass is 339 g/mol. The van der Waals surface area contributed by atoms with Crippen molar-refractivity contribution < 1.29 is 9.53 Å². The number of hydrogen-bond acceptors (Lipinski definition) is 4. The van der Waals surface area contributed by atoms with Crippen molar-refractivity contribution in [2.75, 3.05) is 24.6 Å². The summed E-state index contributed by atoms with van der Waals surface area (Å²) in [6, 6.07) is 4.19. The molecule has 1 N–H and O–H groups in total. The minimum atomic E-state index is -0.0149. The van der Waals surface area contributed by atoms with Gasteiger partial charge in [-0.3, -0.25) is 9.69 Å². The van der Waals surface area contributed by atoms with E-state index in [2.05, 4.69) is 26.2 Å². The topological polar surface area (TPSA) is 54.5 Å². The van der Waals surface area contributed by atoms with Gasteiger partial charge in [0.05, 0.1) is 0 Å². The van der Waals surface area contributed by atoms with Crippen LogP contribution in [0.3, 0.4) is 0 Å². The standard InChI is InChI=1S/C14H18BrN3O2/c15-12-5-4-11-14(17-12)18(13(19)9-20-11)8-6-10-3-1-2-7-16-10/h4-5,10,16H,1-3,6-9H2. The molecule has 3 rings (SSSR count). The second-order valence-corrected chi connectivity index (χ2v) is 6.04. The molecule has 1 fully saturated rings. The van der Waals surface area contributed by atoms with Crippen LogP contribution in [0, 0.1) is 0 Å². The zero-order valence-electron chi connectivity index (χ0n) is 11.3. The van der Waals surface area contributed by atoms with Crippen LogP contribution in [-0.2, 0) is 4.79 Å². The molecule has 1 amide bonds. The molecule has 108 valence electrons. The maximum Gasteiger partial charge on any atom is 0.266 e. The lowest BCUT2D eigenvalue weighted by Crippen LogP contribution is -2.43. The molecule has 0 radical (unpaired) electrons. The molecular formula is C14H18BrN3O2. The highest BCUT2D eigenvalue weighted by Crippen LogP contribution is 2.31. The summed E-state index contributed by atoms with van der Waals surface area (Å²) in [5.41, 5.74) is 0. The first kappa shape index (κ1) is 13.8. The van der Waals surface area contributed by atoms with E-state index in [1.807, 2.05) is 12.1 Å². The number of halogens is 1. The van der Waals surface area contributed by atoms with Gasteiger partial charge in [0.15, 0.2) is 18.2 Å². The summed E-state index contributed by atoms with van der Waals surface area (Å²) in [6.07, 6.45) is 4.68. The number of pyridine rings is 1. The van der Waals surface area contributed by atoms with Crippen molar-refractivity contribution in [3.63, 3.8) is 0 Å². The molecule has 1 aromatic rings. The Hall–Kier alpha value is -1.14. The molecular weight excluding hydrogens is 322 g/mol. The van der Waals surface area contributed by atoms with Crippen LogP contribution in [0.15, 0.2) is 16.7 Å². The van der Waals surface area contributed by atoms with E-state index < -0.39 is 0 Å². The highest BCUT2D eigenvalue weighted by Gasteiger charge is 2.27. The average Bonchev–Trinajstić information content (AvgIpc) is 2.47. The summed E-state index contributed by atoms with van der Waals surface area (Å²) in [5.74, 6) is 1.30. The van der Waals surface area contributed by atoms with Crippen LogP contribution < -0.4 is 15.0 Å². The molecule has 0 saturated carbocycles. The molecule has 0 spiro atoms. The first-order chi connectivity index (χ1) is 9.74. The van der Waals surface area contributed by atoms with E-state index in [0.717, 1.165) is 17.6 Å². The Labute approximate surface area is 126 Å². The minimum Gasteiger partial charge on any atom is -0.480 e. The minimum absolute atomic E-state index is 0.0149. The molecule has 0 aliphatic carbocycles. The number of nitrogens with one attached hydrogen (secondary N) is 1. The van der Waals surface area contributed by atoms with Crippen molar-refractivity contribution in [1.82, 2.24) is 10.3 Å². The van der Waals surface area contributed by atoms with Gasteiger partial charge in [-0.05, 0) is 53.9 Å². The Morgan fingerprint density at radius 1 is 1.45 bits per heavy atom. The number of amides is 1. The summed E-state index contributed by atoms with van der Waals surface area (Å²) in [5, 5.41) is 3.51. The van der Waals surface area contributed by atoms with E-state index in [1.54, 1.807) is 4.90 Å². The quantitative estimate of drug-likeness (QED) is 0.857. The predicted molar refractivity (Wildman–Crippen MR) is 80.0 cm³/mol. The third-order valence-corrected chi connectivity index (χ3v) is 4.27. The SMILES string of the molecule is O=C1COc2ccc(Br)nc2N1CCC1CCCCN1. The molecule has 3 heterocycles. The first-order valence-corrected chi connectivity index (χ1v) is 7.86. The summed E-state index contributed by atoms with van der Waals surface area (Å²) in [7, 11) is 0. The molecule has 1 atom stereocenters. The van der Waals surface area contributed by atoms with Gasteiger partial charge in [0.1, 0.15) is 4.60 Å². The highest BCUT2D eigenvalue weighted by atomic mass is 79.9. The van der Waals surface area contributed by atoms with Crippen molar-refractivity contribution in [2.45, 2.75) is 31.7 Å². The number of ether oxygens (including phenoxy) is 1. The van der Waals surface area contributed by atoms with Crippen molar-refractivity contribution >= 4 is 27.7 Å². The number of carbonyl (C=O) groups excluding carboxylic acids is 1. The van der Waals surface area contributed by atoms with Crippen molar-refractivity contribution in [2.24, 2.45) is 0 Å². The largest absolute Gasteiger partial charge is 0.480 e. The van der Waals surface area contributed by atoms with Gasteiger partial charge in [-0.15, -0.1) is 0 Å². The Morgan fingerprint density at radius 3 is 3.15 bits per heavy atom. The Balaban J connectivity index is 1.71. The van der Waals surface area contributed by atoms with Crippen LogP contribution in [-0.4, -0.2) is 36.6 Å². The summed E-state index contributed by atoms with van der Waals surface area (Å²) < 4.78 is 6.14. The molecule has 0 aromatic carbocycles. The second kappa shape index (κ2) is 6.10. The lowest BCUT2D eigenvalue weighted by atomic mass is 10.0. The third-order valence-electron chi connectivity index (χ3n) is 3.83. The van der Waals surface area contributed by atoms with Gasteiger partial charge in [-0.2, -0.15) is 0 Å². The van der Waals surface area contributed by atoms with Gasteiger partial charge in [-0.25, -0.2) is 4.98 Å². The summed E-state index contributed by atoms with van der Waals surface area (Å²) >= 11 is 3.35. The molecule has 1 unspecified atom stereocenters. The lowest BCUT2D eigenvalue weighted by Gasteiger charge is -2.30. The van der Waals surface area contributed by atoms with E-state index in [-0.39, 0.29) is 12.5 Å². The second-order valence-electron chi connectivity index (χ2n) is 5.23. The fourth-order valence-electron chi connectivity index (χ4n) is 2.74. The number of piperidine rings is 1. The number of aromatic nitrogens is 1. The van der Waals surface area contributed by atoms with Crippen LogP contribution >= 0.6 is 15.9 Å². The molecule has 1 aromatic heterocycles. The molecule has 5 nitrogen and oxygen atoms in total. The maximum absolute atomic E-state index is 12.1. The molecule has 2 aliphatic rings. The fraction of sp³-hybridized carbons (Fsp3) is 0.571. The maximum atomic E-state index is 12.1. The Bertz CT molecular complexity index is 503. The number of nitrogens with zero attached hydrogens (tertiary/aromatic N) is 2. The lowest BCUT2D eigenvalue weighted by molar-refractivity contribution is -0.121. The average molecular weight is 340 g/mol. The van der Waals surface area contributed by atoms with Crippen LogP contribution in [0.2, 0.25) is 0 Å².